The lowest BCUT2D eigenvalue weighted by molar-refractivity contribution is 0.127. The molecular weight excluding hydrogens is 636 g/mol. The van der Waals surface area contributed by atoms with Gasteiger partial charge in [0, 0.05) is 42.0 Å². The number of rotatable bonds is 2. The molecule has 2 nitrogen and oxygen atoms in total. The van der Waals surface area contributed by atoms with E-state index in [4.69, 9.17) is 4.42 Å². The Bertz CT molecular complexity index is 2080. The van der Waals surface area contributed by atoms with Crippen molar-refractivity contribution in [1.29, 1.82) is 0 Å². The Kier molecular flexibility index (Phi) is 5.62. The lowest BCUT2D eigenvalue weighted by atomic mass is 9.75. The van der Waals surface area contributed by atoms with Crippen molar-refractivity contribution in [2.45, 2.75) is 5.60 Å². The fraction of sp³-hybridized carbons (Fsp3) is 0.0270. The van der Waals surface area contributed by atoms with Crippen molar-refractivity contribution in [3.05, 3.63) is 153 Å². The van der Waals surface area contributed by atoms with Crippen LogP contribution in [0.5, 0.6) is 0 Å². The fourth-order valence-corrected chi connectivity index (χ4v) is 7.20. The molecule has 1 N–H and O–H groups in total. The van der Waals surface area contributed by atoms with Gasteiger partial charge in [-0.25, -0.2) is 0 Å². The molecule has 0 aliphatic heterocycles. The summed E-state index contributed by atoms with van der Waals surface area (Å²) in [5.74, 6) is 0. The molecule has 0 saturated carbocycles. The highest BCUT2D eigenvalue weighted by Gasteiger charge is 2.42. The van der Waals surface area contributed by atoms with Gasteiger partial charge in [0.1, 0.15) is 16.8 Å². The Hall–Kier alpha value is -3.96. The van der Waals surface area contributed by atoms with Crippen LogP contribution in [-0.2, 0) is 5.60 Å². The van der Waals surface area contributed by atoms with E-state index >= 15 is 0 Å². The molecule has 0 fully saturated rings. The predicted octanol–water partition coefficient (Wildman–Crippen LogP) is 10.7. The number of hydrogen-bond acceptors (Lipinski definition) is 2. The summed E-state index contributed by atoms with van der Waals surface area (Å²) < 4.78 is 8.28. The summed E-state index contributed by atoms with van der Waals surface area (Å²) in [6.07, 6.45) is 0. The van der Waals surface area contributed by atoms with Crippen molar-refractivity contribution in [3.8, 4) is 33.4 Å². The Morgan fingerprint density at radius 1 is 0.463 bits per heavy atom. The van der Waals surface area contributed by atoms with Gasteiger partial charge in [0.2, 0.25) is 0 Å². The molecule has 0 spiro atoms. The first kappa shape index (κ1) is 24.8. The number of hydrogen-bond donors (Lipinski definition) is 1. The Labute approximate surface area is 254 Å². The van der Waals surface area contributed by atoms with E-state index in [0.717, 1.165) is 81.0 Å². The summed E-state index contributed by atoms with van der Waals surface area (Å²) in [5.41, 5.74) is 8.64. The van der Waals surface area contributed by atoms with Gasteiger partial charge in [0.15, 0.2) is 0 Å². The third-order valence-corrected chi connectivity index (χ3v) is 9.25. The molecule has 0 bridgehead atoms. The van der Waals surface area contributed by atoms with Crippen LogP contribution in [0.25, 0.3) is 55.3 Å². The molecule has 196 valence electrons. The summed E-state index contributed by atoms with van der Waals surface area (Å²) in [7, 11) is 0. The molecule has 41 heavy (non-hydrogen) atoms. The number of benzene rings is 6. The lowest BCUT2D eigenvalue weighted by Gasteiger charge is -2.34. The van der Waals surface area contributed by atoms with E-state index in [9.17, 15) is 5.11 Å². The molecule has 6 aromatic carbocycles. The van der Waals surface area contributed by atoms with Gasteiger partial charge in [-0.2, -0.15) is 0 Å². The molecule has 1 aromatic heterocycles. The first-order valence-corrected chi connectivity index (χ1v) is 15.0. The molecule has 8 rings (SSSR count). The van der Waals surface area contributed by atoms with Crippen molar-refractivity contribution < 1.29 is 9.52 Å². The maximum atomic E-state index is 13.4. The first-order chi connectivity index (χ1) is 20.0. The van der Waals surface area contributed by atoms with Gasteiger partial charge in [-0.3, -0.25) is 0 Å². The number of furan rings is 1. The van der Waals surface area contributed by atoms with Gasteiger partial charge in [-0.05, 0) is 58.1 Å². The second-order valence-electron chi connectivity index (χ2n) is 10.5. The highest BCUT2D eigenvalue weighted by molar-refractivity contribution is 9.10. The van der Waals surface area contributed by atoms with Crippen LogP contribution in [0.3, 0.4) is 0 Å². The molecule has 4 heteroatoms. The van der Waals surface area contributed by atoms with E-state index in [1.165, 1.54) is 0 Å². The average Bonchev–Trinajstić information content (AvgIpc) is 3.36. The summed E-state index contributed by atoms with van der Waals surface area (Å²) >= 11 is 7.43. The van der Waals surface area contributed by atoms with Gasteiger partial charge in [0.05, 0.1) is 0 Å². The maximum absolute atomic E-state index is 13.4. The fourth-order valence-electron chi connectivity index (χ4n) is 6.48. The molecule has 0 saturated heterocycles. The zero-order valence-electron chi connectivity index (χ0n) is 21.7. The van der Waals surface area contributed by atoms with Crippen molar-refractivity contribution in [2.24, 2.45) is 0 Å². The van der Waals surface area contributed by atoms with Gasteiger partial charge < -0.3 is 9.52 Å². The topological polar surface area (TPSA) is 33.4 Å². The predicted molar refractivity (Wildman–Crippen MR) is 174 cm³/mol. The third kappa shape index (κ3) is 3.64. The summed E-state index contributed by atoms with van der Waals surface area (Å²) in [4.78, 5) is 0. The van der Waals surface area contributed by atoms with Crippen LogP contribution < -0.4 is 0 Å². The zero-order chi connectivity index (χ0) is 27.7. The van der Waals surface area contributed by atoms with Crippen LogP contribution >= 0.6 is 31.9 Å². The highest BCUT2D eigenvalue weighted by Crippen LogP contribution is 2.53. The molecule has 0 atom stereocenters. The molecule has 1 heterocycles. The minimum Gasteiger partial charge on any atom is -0.455 e. The second kappa shape index (κ2) is 9.28. The van der Waals surface area contributed by atoms with Crippen molar-refractivity contribution >= 4 is 53.8 Å². The number of fused-ring (bicyclic) bond motifs is 8. The van der Waals surface area contributed by atoms with Crippen molar-refractivity contribution in [3.63, 3.8) is 0 Å². The van der Waals surface area contributed by atoms with E-state index in [2.05, 4.69) is 111 Å². The van der Waals surface area contributed by atoms with E-state index < -0.39 is 5.60 Å². The van der Waals surface area contributed by atoms with Gasteiger partial charge >= 0.3 is 0 Å². The van der Waals surface area contributed by atoms with Crippen molar-refractivity contribution in [1.82, 2.24) is 0 Å². The maximum Gasteiger partial charge on any atom is 0.143 e. The standard InChI is InChI=1S/C37H22Br2O2/c38-22-16-18-27-24-8-1-2-9-25(24)28-19-17-23(39)21-34(28)37(40,33(27)20-22)32-14-5-3-10-26(32)30-12-7-13-31-29-11-4-6-15-35(29)41-36(30)31/h1-21,40H. The van der Waals surface area contributed by atoms with E-state index in [1.807, 2.05) is 48.5 Å². The second-order valence-corrected chi connectivity index (χ2v) is 12.3. The van der Waals surface area contributed by atoms with Crippen LogP contribution in [-0.4, -0.2) is 5.11 Å². The molecule has 0 unspecified atom stereocenters. The molecule has 1 aliphatic carbocycles. The van der Waals surface area contributed by atoms with Crippen LogP contribution in [0.4, 0.5) is 0 Å². The zero-order valence-corrected chi connectivity index (χ0v) is 24.9. The summed E-state index contributed by atoms with van der Waals surface area (Å²) in [5, 5.41) is 15.6. The van der Waals surface area contributed by atoms with Gasteiger partial charge in [-0.1, -0.05) is 129 Å². The summed E-state index contributed by atoms with van der Waals surface area (Å²) in [6, 6.07) is 43.3. The number of para-hydroxylation sites is 2. The lowest BCUT2D eigenvalue weighted by Crippen LogP contribution is -2.30. The monoisotopic (exact) mass is 656 g/mol. The van der Waals surface area contributed by atoms with E-state index in [1.54, 1.807) is 0 Å². The number of aliphatic hydroxyl groups is 1. The Morgan fingerprint density at radius 3 is 1.66 bits per heavy atom. The van der Waals surface area contributed by atoms with Crippen LogP contribution in [0.1, 0.15) is 16.7 Å². The van der Waals surface area contributed by atoms with Crippen LogP contribution in [0.2, 0.25) is 0 Å². The van der Waals surface area contributed by atoms with E-state index in [-0.39, 0.29) is 0 Å². The molecule has 0 radical (unpaired) electrons. The quantitative estimate of drug-likeness (QED) is 0.201. The molecule has 0 amide bonds. The molecule has 1 aliphatic rings. The first-order valence-electron chi connectivity index (χ1n) is 13.5. The van der Waals surface area contributed by atoms with Crippen LogP contribution in [0, 0.1) is 0 Å². The smallest absolute Gasteiger partial charge is 0.143 e. The average molecular weight is 658 g/mol. The minimum absolute atomic E-state index is 0.791. The van der Waals surface area contributed by atoms with E-state index in [0.29, 0.717) is 0 Å². The Balaban J connectivity index is 1.51. The van der Waals surface area contributed by atoms with Crippen LogP contribution in [0.15, 0.2) is 141 Å². The molecular formula is C37H22Br2O2. The SMILES string of the molecule is OC1(c2ccccc2-c2cccc3c2oc2ccccc23)c2cc(Br)ccc2-c2ccccc2-c2ccc(Br)cc21. The summed E-state index contributed by atoms with van der Waals surface area (Å²) in [6.45, 7) is 0. The highest BCUT2D eigenvalue weighted by atomic mass is 79.9. The largest absolute Gasteiger partial charge is 0.455 e. The van der Waals surface area contributed by atoms with Gasteiger partial charge in [0.25, 0.3) is 0 Å². The normalized spacial score (nSPS) is 13.4. The van der Waals surface area contributed by atoms with Crippen molar-refractivity contribution in [2.75, 3.05) is 0 Å². The third-order valence-electron chi connectivity index (χ3n) is 8.26. The molecule has 7 aromatic rings. The number of halogens is 2. The van der Waals surface area contributed by atoms with Gasteiger partial charge in [-0.15, -0.1) is 0 Å². The Morgan fingerprint density at radius 2 is 0.976 bits per heavy atom. The minimum atomic E-state index is -1.48.